The summed E-state index contributed by atoms with van der Waals surface area (Å²) in [6.07, 6.45) is -0.425. The van der Waals surface area contributed by atoms with E-state index in [1.165, 1.54) is 0 Å². The number of nitrogens with one attached hydrogen (secondary N) is 2. The number of ether oxygens (including phenoxy) is 2. The number of benzene rings is 2. The molecule has 1 atom stereocenters. The Bertz CT molecular complexity index is 646. The van der Waals surface area contributed by atoms with E-state index in [-0.39, 0.29) is 18.3 Å². The Hall–Kier alpha value is -2.08. The maximum atomic E-state index is 12.1. The normalized spacial score (nSPS) is 16.8. The van der Waals surface area contributed by atoms with E-state index in [1.54, 1.807) is 0 Å². The number of hydrogen-bond acceptors (Lipinski definition) is 4. The number of amides is 1. The molecule has 6 heteroatoms. The summed E-state index contributed by atoms with van der Waals surface area (Å²) in [7, 11) is 0. The van der Waals surface area contributed by atoms with Gasteiger partial charge >= 0.3 is 0 Å². The lowest BCUT2D eigenvalue weighted by molar-refractivity contribution is -0.134. The van der Waals surface area contributed by atoms with Crippen LogP contribution in [-0.2, 0) is 16.1 Å². The molecule has 3 rings (SSSR count). The Kier molecular flexibility index (Phi) is 7.06. The van der Waals surface area contributed by atoms with Crippen LogP contribution in [0, 0.1) is 0 Å². The molecule has 0 aromatic heterocycles. The Morgan fingerprint density at radius 2 is 1.92 bits per heavy atom. The van der Waals surface area contributed by atoms with Gasteiger partial charge in [0.25, 0.3) is 5.91 Å². The number of carbonyl (C=O) groups is 1. The van der Waals surface area contributed by atoms with Crippen molar-refractivity contribution in [3.63, 3.8) is 0 Å². The van der Waals surface area contributed by atoms with Gasteiger partial charge in [0.05, 0.1) is 6.61 Å². The smallest absolute Gasteiger partial charge is 0.250 e. The molecule has 0 aliphatic carbocycles. The largest absolute Gasteiger partial charge is 0.457 e. The van der Waals surface area contributed by atoms with E-state index in [2.05, 4.69) is 10.6 Å². The van der Waals surface area contributed by atoms with Gasteiger partial charge in [-0.05, 0) is 18.2 Å². The van der Waals surface area contributed by atoms with Crippen molar-refractivity contribution in [2.24, 2.45) is 0 Å². The van der Waals surface area contributed by atoms with E-state index in [9.17, 15) is 4.79 Å². The fraction of sp³-hybridized carbons (Fsp3) is 0.278. The SMILES string of the molecule is Cl.O=C(NCc1ccccc1Oc1ccccc1)C1CNCCO1. The minimum atomic E-state index is -0.425. The summed E-state index contributed by atoms with van der Waals surface area (Å²) in [4.78, 5) is 12.1. The van der Waals surface area contributed by atoms with Crippen LogP contribution in [0.1, 0.15) is 5.56 Å². The minimum absolute atomic E-state index is 0. The van der Waals surface area contributed by atoms with Crippen LogP contribution < -0.4 is 15.4 Å². The van der Waals surface area contributed by atoms with Crippen molar-refractivity contribution in [1.29, 1.82) is 0 Å². The maximum Gasteiger partial charge on any atom is 0.250 e. The Labute approximate surface area is 147 Å². The zero-order chi connectivity index (χ0) is 15.9. The van der Waals surface area contributed by atoms with Gasteiger partial charge in [-0.25, -0.2) is 0 Å². The first-order chi connectivity index (χ1) is 11.3. The highest BCUT2D eigenvalue weighted by Crippen LogP contribution is 2.24. The van der Waals surface area contributed by atoms with Crippen LogP contribution in [-0.4, -0.2) is 31.7 Å². The van der Waals surface area contributed by atoms with Crippen molar-refractivity contribution >= 4 is 18.3 Å². The molecule has 1 saturated heterocycles. The number of carbonyl (C=O) groups excluding carboxylic acids is 1. The highest BCUT2D eigenvalue weighted by atomic mass is 35.5. The first-order valence-electron chi connectivity index (χ1n) is 7.74. The molecule has 1 heterocycles. The molecule has 1 aliphatic heterocycles. The molecule has 0 saturated carbocycles. The summed E-state index contributed by atoms with van der Waals surface area (Å²) in [5.41, 5.74) is 0.925. The average molecular weight is 349 g/mol. The lowest BCUT2D eigenvalue weighted by Crippen LogP contribution is -2.47. The van der Waals surface area contributed by atoms with Gasteiger partial charge < -0.3 is 20.1 Å². The minimum Gasteiger partial charge on any atom is -0.457 e. The van der Waals surface area contributed by atoms with Gasteiger partial charge in [0.1, 0.15) is 17.6 Å². The average Bonchev–Trinajstić information content (AvgIpc) is 2.62. The van der Waals surface area contributed by atoms with Crippen molar-refractivity contribution in [2.45, 2.75) is 12.6 Å². The van der Waals surface area contributed by atoms with Crippen LogP contribution >= 0.6 is 12.4 Å². The third-order valence-electron chi connectivity index (χ3n) is 3.62. The van der Waals surface area contributed by atoms with E-state index >= 15 is 0 Å². The summed E-state index contributed by atoms with van der Waals surface area (Å²) in [6.45, 7) is 2.30. The van der Waals surface area contributed by atoms with Gasteiger partial charge in [-0.1, -0.05) is 36.4 Å². The standard InChI is InChI=1S/C18H20N2O3.ClH/c21-18(17-13-19-10-11-22-17)20-12-14-6-4-5-9-16(14)23-15-7-2-1-3-8-15;/h1-9,17,19H,10-13H2,(H,20,21);1H. The molecule has 5 nitrogen and oxygen atoms in total. The Morgan fingerprint density at radius 1 is 1.17 bits per heavy atom. The summed E-state index contributed by atoms with van der Waals surface area (Å²) < 4.78 is 11.3. The van der Waals surface area contributed by atoms with Gasteiger partial charge in [0, 0.05) is 25.2 Å². The number of halogens is 1. The Balaban J connectivity index is 0.00000208. The summed E-state index contributed by atoms with van der Waals surface area (Å²) >= 11 is 0. The molecule has 128 valence electrons. The van der Waals surface area contributed by atoms with Crippen LogP contribution in [0.25, 0.3) is 0 Å². The third-order valence-corrected chi connectivity index (χ3v) is 3.62. The van der Waals surface area contributed by atoms with Gasteiger partial charge in [0.15, 0.2) is 0 Å². The quantitative estimate of drug-likeness (QED) is 0.871. The molecule has 0 bridgehead atoms. The van der Waals surface area contributed by atoms with Crippen molar-refractivity contribution in [2.75, 3.05) is 19.7 Å². The predicted octanol–water partition coefficient (Wildman–Crippen LogP) is 2.51. The fourth-order valence-electron chi connectivity index (χ4n) is 2.39. The highest BCUT2D eigenvalue weighted by molar-refractivity contribution is 5.85. The van der Waals surface area contributed by atoms with Gasteiger partial charge in [0.2, 0.25) is 0 Å². The number of hydrogen-bond donors (Lipinski definition) is 2. The molecule has 1 unspecified atom stereocenters. The number of rotatable bonds is 5. The lowest BCUT2D eigenvalue weighted by atomic mass is 10.2. The Morgan fingerprint density at radius 3 is 2.67 bits per heavy atom. The van der Waals surface area contributed by atoms with E-state index < -0.39 is 6.10 Å². The number of para-hydroxylation sites is 2. The monoisotopic (exact) mass is 348 g/mol. The first-order valence-corrected chi connectivity index (χ1v) is 7.74. The molecular formula is C18H21ClN2O3. The van der Waals surface area contributed by atoms with Crippen molar-refractivity contribution in [1.82, 2.24) is 10.6 Å². The molecule has 0 radical (unpaired) electrons. The van der Waals surface area contributed by atoms with Crippen molar-refractivity contribution in [3.8, 4) is 11.5 Å². The lowest BCUT2D eigenvalue weighted by Gasteiger charge is -2.23. The maximum absolute atomic E-state index is 12.1. The van der Waals surface area contributed by atoms with Gasteiger partial charge in [-0.3, -0.25) is 4.79 Å². The molecule has 24 heavy (non-hydrogen) atoms. The van der Waals surface area contributed by atoms with Crippen molar-refractivity contribution in [3.05, 3.63) is 60.2 Å². The van der Waals surface area contributed by atoms with Gasteiger partial charge in [-0.2, -0.15) is 0 Å². The van der Waals surface area contributed by atoms with Crippen LogP contribution in [0.15, 0.2) is 54.6 Å². The summed E-state index contributed by atoms with van der Waals surface area (Å²) in [5, 5.41) is 6.06. The van der Waals surface area contributed by atoms with E-state index in [4.69, 9.17) is 9.47 Å². The molecule has 0 spiro atoms. The molecule has 2 aromatic rings. The van der Waals surface area contributed by atoms with Crippen LogP contribution in [0.4, 0.5) is 0 Å². The van der Waals surface area contributed by atoms with Crippen LogP contribution in [0.2, 0.25) is 0 Å². The summed E-state index contributed by atoms with van der Waals surface area (Å²) in [6, 6.07) is 17.3. The number of morpholine rings is 1. The zero-order valence-corrected chi connectivity index (χ0v) is 14.1. The van der Waals surface area contributed by atoms with E-state index in [0.29, 0.717) is 19.7 Å². The van der Waals surface area contributed by atoms with Crippen molar-refractivity contribution < 1.29 is 14.3 Å². The topological polar surface area (TPSA) is 59.6 Å². The molecule has 1 aliphatic rings. The predicted molar refractivity (Wildman–Crippen MR) is 94.7 cm³/mol. The molecule has 2 N–H and O–H groups in total. The second kappa shape index (κ2) is 9.27. The second-order valence-corrected chi connectivity index (χ2v) is 5.30. The molecule has 2 aromatic carbocycles. The first kappa shape index (κ1) is 18.3. The van der Waals surface area contributed by atoms with E-state index in [1.807, 2.05) is 54.6 Å². The zero-order valence-electron chi connectivity index (χ0n) is 13.2. The van der Waals surface area contributed by atoms with Crippen LogP contribution in [0.3, 0.4) is 0 Å². The molecular weight excluding hydrogens is 328 g/mol. The summed E-state index contributed by atoms with van der Waals surface area (Å²) in [5.74, 6) is 1.40. The fourth-order valence-corrected chi connectivity index (χ4v) is 2.39. The molecule has 1 fully saturated rings. The van der Waals surface area contributed by atoms with Crippen LogP contribution in [0.5, 0.6) is 11.5 Å². The van der Waals surface area contributed by atoms with E-state index in [0.717, 1.165) is 23.6 Å². The molecule has 1 amide bonds. The van der Waals surface area contributed by atoms with Gasteiger partial charge in [-0.15, -0.1) is 12.4 Å². The third kappa shape index (κ3) is 4.96. The second-order valence-electron chi connectivity index (χ2n) is 5.30. The highest BCUT2D eigenvalue weighted by Gasteiger charge is 2.21.